The molecule has 0 bridgehead atoms. The van der Waals surface area contributed by atoms with Crippen LogP contribution < -0.4 is 15.2 Å². The maximum atomic E-state index is 13.5. The summed E-state index contributed by atoms with van der Waals surface area (Å²) in [7, 11) is 0. The van der Waals surface area contributed by atoms with Crippen molar-refractivity contribution >= 4 is 17.8 Å². The number of carboxylic acid groups (broad SMARTS) is 1. The second-order valence-corrected chi connectivity index (χ2v) is 10.8. The Balaban J connectivity index is 1.39. The summed E-state index contributed by atoms with van der Waals surface area (Å²) in [5.41, 5.74) is 8.32. The van der Waals surface area contributed by atoms with Crippen LogP contribution in [0, 0.1) is 5.92 Å². The van der Waals surface area contributed by atoms with Crippen LogP contribution in [0.2, 0.25) is 0 Å². The Kier molecular flexibility index (Phi) is 8.56. The minimum atomic E-state index is -0.913. The molecule has 2 amide bonds. The van der Waals surface area contributed by atoms with Crippen LogP contribution in [-0.4, -0.2) is 89.7 Å². The first-order valence-electron chi connectivity index (χ1n) is 14.1. The molecular weight excluding hydrogens is 512 g/mol. The van der Waals surface area contributed by atoms with Crippen molar-refractivity contribution in [1.82, 2.24) is 14.7 Å². The third-order valence-corrected chi connectivity index (χ3v) is 8.32. The number of rotatable bonds is 12. The Morgan fingerprint density at radius 2 is 1.93 bits per heavy atom. The normalized spacial score (nSPS) is 21.6. The first kappa shape index (κ1) is 27.9. The number of aliphatic carboxylic acids is 1. The van der Waals surface area contributed by atoms with Gasteiger partial charge in [-0.3, -0.25) is 19.3 Å². The van der Waals surface area contributed by atoms with Gasteiger partial charge < -0.3 is 30.1 Å². The average molecular weight is 551 g/mol. The van der Waals surface area contributed by atoms with E-state index in [-0.39, 0.29) is 31.1 Å². The molecule has 40 heavy (non-hydrogen) atoms. The van der Waals surface area contributed by atoms with Crippen LogP contribution in [0.1, 0.15) is 53.6 Å². The van der Waals surface area contributed by atoms with E-state index in [0.29, 0.717) is 62.8 Å². The highest BCUT2D eigenvalue weighted by atomic mass is 16.7. The number of hydrogen-bond acceptors (Lipinski definition) is 7. The molecule has 1 fully saturated rings. The maximum Gasteiger partial charge on any atom is 0.308 e. The Morgan fingerprint density at radius 1 is 1.12 bits per heavy atom. The molecule has 0 aliphatic carbocycles. The largest absolute Gasteiger partial charge is 0.481 e. The van der Waals surface area contributed by atoms with Gasteiger partial charge in [0.25, 0.3) is 5.91 Å². The Bertz CT molecular complexity index is 1250. The molecular formula is C30H38N4O6. The summed E-state index contributed by atoms with van der Waals surface area (Å²) < 4.78 is 11.0. The molecule has 1 saturated heterocycles. The third-order valence-electron chi connectivity index (χ3n) is 8.32. The second kappa shape index (κ2) is 12.3. The predicted molar refractivity (Wildman–Crippen MR) is 148 cm³/mol. The van der Waals surface area contributed by atoms with Crippen molar-refractivity contribution in [2.75, 3.05) is 46.1 Å². The summed E-state index contributed by atoms with van der Waals surface area (Å²) in [5, 5.41) is 10.5. The van der Waals surface area contributed by atoms with Gasteiger partial charge in [0, 0.05) is 56.8 Å². The van der Waals surface area contributed by atoms with E-state index in [1.165, 1.54) is 0 Å². The molecule has 2 aromatic carbocycles. The quantitative estimate of drug-likeness (QED) is 0.413. The Morgan fingerprint density at radius 3 is 2.67 bits per heavy atom. The van der Waals surface area contributed by atoms with Crippen LogP contribution in [-0.2, 0) is 16.1 Å². The van der Waals surface area contributed by atoms with Crippen LogP contribution >= 0.6 is 0 Å². The van der Waals surface area contributed by atoms with Crippen molar-refractivity contribution in [3.8, 4) is 11.5 Å². The van der Waals surface area contributed by atoms with Gasteiger partial charge in [-0.2, -0.15) is 0 Å². The van der Waals surface area contributed by atoms with Crippen LogP contribution in [0.15, 0.2) is 42.5 Å². The smallest absolute Gasteiger partial charge is 0.308 e. The predicted octanol–water partition coefficient (Wildman–Crippen LogP) is 2.52. The summed E-state index contributed by atoms with van der Waals surface area (Å²) in [6, 6.07) is 12.7. The van der Waals surface area contributed by atoms with Crippen molar-refractivity contribution in [3.05, 3.63) is 59.2 Å². The van der Waals surface area contributed by atoms with Gasteiger partial charge in [-0.25, -0.2) is 0 Å². The van der Waals surface area contributed by atoms with Gasteiger partial charge in [-0.05, 0) is 42.2 Å². The van der Waals surface area contributed by atoms with Gasteiger partial charge in [-0.15, -0.1) is 0 Å². The number of carbonyl (C=O) groups is 3. The molecule has 5 rings (SSSR count). The highest BCUT2D eigenvalue weighted by Crippen LogP contribution is 2.43. The Hall–Kier alpha value is -3.63. The molecule has 0 saturated carbocycles. The topological polar surface area (TPSA) is 126 Å². The van der Waals surface area contributed by atoms with Gasteiger partial charge >= 0.3 is 5.97 Å². The van der Waals surface area contributed by atoms with E-state index in [1.807, 2.05) is 47.4 Å². The van der Waals surface area contributed by atoms with Gasteiger partial charge in [0.15, 0.2) is 11.5 Å². The van der Waals surface area contributed by atoms with Crippen LogP contribution in [0.5, 0.6) is 11.5 Å². The number of nitrogens with zero attached hydrogens (tertiary/aromatic N) is 3. The molecule has 2 aromatic rings. The molecule has 0 spiro atoms. The van der Waals surface area contributed by atoms with Crippen molar-refractivity contribution in [2.45, 2.75) is 44.7 Å². The van der Waals surface area contributed by atoms with Crippen LogP contribution in [0.4, 0.5) is 0 Å². The van der Waals surface area contributed by atoms with Crippen molar-refractivity contribution in [3.63, 3.8) is 0 Å². The number of benzene rings is 2. The SMILES string of the molecule is CCCCN(CCN)C(=O)CN1CC(c2ccc3c(c2)OCO3)C(C(=O)O)C1CCN1Cc2ccccc2C1=O. The fraction of sp³-hybridized carbons (Fsp3) is 0.500. The Labute approximate surface area is 234 Å². The first-order valence-corrected chi connectivity index (χ1v) is 14.1. The summed E-state index contributed by atoms with van der Waals surface area (Å²) in [6.45, 7) is 5.09. The van der Waals surface area contributed by atoms with Crippen LogP contribution in [0.3, 0.4) is 0 Å². The molecule has 3 atom stereocenters. The number of carbonyl (C=O) groups excluding carboxylic acids is 2. The van der Waals surface area contributed by atoms with Gasteiger partial charge in [0.1, 0.15) is 0 Å². The number of unbranched alkanes of at least 4 members (excludes halogenated alkanes) is 1. The summed E-state index contributed by atoms with van der Waals surface area (Å²) in [5.74, 6) is -0.877. The number of likely N-dealkylation sites (tertiary alicyclic amines) is 1. The molecule has 0 radical (unpaired) electrons. The lowest BCUT2D eigenvalue weighted by Crippen LogP contribution is -2.46. The lowest BCUT2D eigenvalue weighted by molar-refractivity contribution is -0.143. The molecule has 10 nitrogen and oxygen atoms in total. The number of amides is 2. The minimum absolute atomic E-state index is 0.0379. The maximum absolute atomic E-state index is 13.5. The number of fused-ring (bicyclic) bond motifs is 2. The standard InChI is InChI=1S/C30H38N4O6/c1-2-3-12-32(14-11-31)27(35)18-34-17-23(20-8-9-25-26(15-20)40-19-39-25)28(30(37)38)24(34)10-13-33-16-21-6-4-5-7-22(21)29(33)36/h4-9,15,23-24,28H,2-3,10-14,16-19,31H2,1H3,(H,37,38). The number of nitrogens with two attached hydrogens (primary N) is 1. The third kappa shape index (κ3) is 5.64. The fourth-order valence-corrected chi connectivity index (χ4v) is 6.26. The number of carboxylic acids is 1. The zero-order valence-electron chi connectivity index (χ0n) is 23.0. The molecule has 3 N–H and O–H groups in total. The zero-order chi connectivity index (χ0) is 28.2. The van der Waals surface area contributed by atoms with E-state index in [9.17, 15) is 19.5 Å². The lowest BCUT2D eigenvalue weighted by Gasteiger charge is -2.30. The molecule has 0 aromatic heterocycles. The monoisotopic (exact) mass is 550 g/mol. The lowest BCUT2D eigenvalue weighted by atomic mass is 9.84. The molecule has 214 valence electrons. The first-order chi connectivity index (χ1) is 19.4. The van der Waals surface area contributed by atoms with Crippen molar-refractivity contribution < 1.29 is 29.0 Å². The second-order valence-electron chi connectivity index (χ2n) is 10.8. The molecule has 3 aliphatic rings. The number of hydrogen-bond donors (Lipinski definition) is 2. The average Bonchev–Trinajstić information content (AvgIpc) is 3.65. The van der Waals surface area contributed by atoms with E-state index in [0.717, 1.165) is 24.0 Å². The van der Waals surface area contributed by atoms with Crippen molar-refractivity contribution in [1.29, 1.82) is 0 Å². The van der Waals surface area contributed by atoms with E-state index >= 15 is 0 Å². The van der Waals surface area contributed by atoms with E-state index in [2.05, 4.69) is 6.92 Å². The highest BCUT2D eigenvalue weighted by Gasteiger charge is 2.47. The summed E-state index contributed by atoms with van der Waals surface area (Å²) >= 11 is 0. The molecule has 3 aliphatic heterocycles. The summed E-state index contributed by atoms with van der Waals surface area (Å²) in [4.78, 5) is 44.8. The molecule has 3 heterocycles. The van der Waals surface area contributed by atoms with E-state index < -0.39 is 17.9 Å². The number of ether oxygens (including phenoxy) is 2. The van der Waals surface area contributed by atoms with Crippen LogP contribution in [0.25, 0.3) is 0 Å². The van der Waals surface area contributed by atoms with Gasteiger partial charge in [-0.1, -0.05) is 37.6 Å². The zero-order valence-corrected chi connectivity index (χ0v) is 23.0. The molecule has 10 heteroatoms. The summed E-state index contributed by atoms with van der Waals surface area (Å²) in [6.07, 6.45) is 2.28. The van der Waals surface area contributed by atoms with Gasteiger partial charge in [0.2, 0.25) is 12.7 Å². The molecule has 3 unspecified atom stereocenters. The van der Waals surface area contributed by atoms with Gasteiger partial charge in [0.05, 0.1) is 12.5 Å². The fourth-order valence-electron chi connectivity index (χ4n) is 6.26. The van der Waals surface area contributed by atoms with E-state index in [4.69, 9.17) is 15.2 Å². The van der Waals surface area contributed by atoms with Crippen molar-refractivity contribution in [2.24, 2.45) is 11.7 Å². The highest BCUT2D eigenvalue weighted by molar-refractivity contribution is 5.98. The van der Waals surface area contributed by atoms with E-state index in [1.54, 1.807) is 9.80 Å². The minimum Gasteiger partial charge on any atom is -0.481 e.